The molecular formula is C10H22O4. The molecule has 4 heteroatoms. The Bertz CT molecular complexity index is 131. The van der Waals surface area contributed by atoms with Crippen molar-refractivity contribution in [1.29, 1.82) is 0 Å². The van der Waals surface area contributed by atoms with Gasteiger partial charge in [-0.15, -0.1) is 0 Å². The van der Waals surface area contributed by atoms with Crippen LogP contribution in [-0.4, -0.2) is 44.8 Å². The van der Waals surface area contributed by atoms with Crippen molar-refractivity contribution in [3.8, 4) is 0 Å². The maximum Gasteiger partial charge on any atom is 0.0614 e. The highest BCUT2D eigenvalue weighted by Crippen LogP contribution is 2.17. The molecule has 0 fully saturated rings. The fraction of sp³-hybridized carbons (Fsp3) is 1.00. The van der Waals surface area contributed by atoms with Gasteiger partial charge in [0.25, 0.3) is 0 Å². The number of aliphatic hydroxyl groups excluding tert-OH is 4. The molecule has 0 aliphatic carbocycles. The van der Waals surface area contributed by atoms with Crippen LogP contribution in [0.3, 0.4) is 0 Å². The molecule has 14 heavy (non-hydrogen) atoms. The van der Waals surface area contributed by atoms with E-state index in [4.69, 9.17) is 10.2 Å². The van der Waals surface area contributed by atoms with Gasteiger partial charge in [-0.05, 0) is 26.7 Å². The molecule has 0 amide bonds. The van der Waals surface area contributed by atoms with E-state index in [9.17, 15) is 10.2 Å². The fourth-order valence-electron chi connectivity index (χ4n) is 1.38. The summed E-state index contributed by atoms with van der Waals surface area (Å²) >= 11 is 0. The molecule has 4 unspecified atom stereocenters. The smallest absolute Gasteiger partial charge is 0.0614 e. The summed E-state index contributed by atoms with van der Waals surface area (Å²) in [5, 5.41) is 37.2. The third-order valence-corrected chi connectivity index (χ3v) is 2.38. The highest BCUT2D eigenvalue weighted by atomic mass is 16.3. The first-order valence-electron chi connectivity index (χ1n) is 5.06. The van der Waals surface area contributed by atoms with Crippen LogP contribution < -0.4 is 0 Å². The van der Waals surface area contributed by atoms with Gasteiger partial charge in [-0.25, -0.2) is 0 Å². The second-order valence-corrected chi connectivity index (χ2v) is 4.16. The molecule has 4 nitrogen and oxygen atoms in total. The number of hydrogen-bond donors (Lipinski definition) is 4. The van der Waals surface area contributed by atoms with Crippen LogP contribution in [0.1, 0.15) is 33.6 Å². The lowest BCUT2D eigenvalue weighted by Crippen LogP contribution is -2.33. The maximum atomic E-state index is 9.57. The van der Waals surface area contributed by atoms with Crippen molar-refractivity contribution in [1.82, 2.24) is 0 Å². The standard InChI is InChI=1S/C10H22O4/c1-6(11)4-9(13)8(3)10(14)5-7(2)12/h6-14H,4-5H2,1-3H3. The zero-order valence-corrected chi connectivity index (χ0v) is 9.09. The van der Waals surface area contributed by atoms with Crippen molar-refractivity contribution in [3.05, 3.63) is 0 Å². The summed E-state index contributed by atoms with van der Waals surface area (Å²) in [5.41, 5.74) is 0. The molecule has 0 aliphatic heterocycles. The molecule has 0 rings (SSSR count). The third kappa shape index (κ3) is 5.54. The van der Waals surface area contributed by atoms with Crippen LogP contribution in [0.2, 0.25) is 0 Å². The highest BCUT2D eigenvalue weighted by molar-refractivity contribution is 4.75. The van der Waals surface area contributed by atoms with Crippen molar-refractivity contribution in [2.45, 2.75) is 58.0 Å². The number of hydrogen-bond acceptors (Lipinski definition) is 4. The van der Waals surface area contributed by atoms with Crippen molar-refractivity contribution in [2.75, 3.05) is 0 Å². The van der Waals surface area contributed by atoms with Gasteiger partial charge in [0.1, 0.15) is 0 Å². The Morgan fingerprint density at radius 2 is 1.00 bits per heavy atom. The summed E-state index contributed by atoms with van der Waals surface area (Å²) in [6, 6.07) is 0. The van der Waals surface area contributed by atoms with Crippen molar-refractivity contribution in [2.24, 2.45) is 5.92 Å². The normalized spacial score (nSPS) is 22.5. The Labute approximate surface area is 85.2 Å². The molecule has 0 saturated heterocycles. The molecule has 0 aromatic carbocycles. The lowest BCUT2D eigenvalue weighted by Gasteiger charge is -2.25. The molecule has 86 valence electrons. The summed E-state index contributed by atoms with van der Waals surface area (Å²) in [7, 11) is 0. The van der Waals surface area contributed by atoms with E-state index in [0.717, 1.165) is 0 Å². The van der Waals surface area contributed by atoms with Gasteiger partial charge >= 0.3 is 0 Å². The second kappa shape index (κ2) is 6.35. The minimum atomic E-state index is -0.733. The van der Waals surface area contributed by atoms with Crippen molar-refractivity contribution < 1.29 is 20.4 Å². The first kappa shape index (κ1) is 13.8. The molecule has 4 atom stereocenters. The average molecular weight is 206 g/mol. The minimum Gasteiger partial charge on any atom is -0.393 e. The van der Waals surface area contributed by atoms with E-state index in [1.54, 1.807) is 20.8 Å². The topological polar surface area (TPSA) is 80.9 Å². The zero-order chi connectivity index (χ0) is 11.3. The zero-order valence-electron chi connectivity index (χ0n) is 9.09. The van der Waals surface area contributed by atoms with Crippen LogP contribution in [0.15, 0.2) is 0 Å². The summed E-state index contributed by atoms with van der Waals surface area (Å²) in [5.74, 6) is -0.334. The molecule has 0 radical (unpaired) electrons. The fourth-order valence-corrected chi connectivity index (χ4v) is 1.38. The van der Waals surface area contributed by atoms with Gasteiger partial charge in [-0.1, -0.05) is 6.92 Å². The van der Waals surface area contributed by atoms with Gasteiger partial charge in [-0.3, -0.25) is 0 Å². The van der Waals surface area contributed by atoms with Crippen LogP contribution in [0.5, 0.6) is 0 Å². The van der Waals surface area contributed by atoms with Gasteiger partial charge in [0.2, 0.25) is 0 Å². The van der Waals surface area contributed by atoms with E-state index in [0.29, 0.717) is 0 Å². The summed E-state index contributed by atoms with van der Waals surface area (Å²) in [6.45, 7) is 4.90. The first-order chi connectivity index (χ1) is 6.34. The van der Waals surface area contributed by atoms with Crippen LogP contribution in [-0.2, 0) is 0 Å². The van der Waals surface area contributed by atoms with Crippen LogP contribution >= 0.6 is 0 Å². The molecule has 0 bridgehead atoms. The van der Waals surface area contributed by atoms with Gasteiger partial charge in [0, 0.05) is 5.92 Å². The quantitative estimate of drug-likeness (QED) is 0.488. The minimum absolute atomic E-state index is 0.248. The SMILES string of the molecule is CC(O)CC(O)C(C)C(O)CC(C)O. The van der Waals surface area contributed by atoms with Crippen LogP contribution in [0, 0.1) is 5.92 Å². The molecule has 0 aromatic heterocycles. The van der Waals surface area contributed by atoms with E-state index in [-0.39, 0.29) is 18.8 Å². The van der Waals surface area contributed by atoms with Gasteiger partial charge in [-0.2, -0.15) is 0 Å². The third-order valence-electron chi connectivity index (χ3n) is 2.38. The van der Waals surface area contributed by atoms with Gasteiger partial charge in [0.05, 0.1) is 24.4 Å². The second-order valence-electron chi connectivity index (χ2n) is 4.16. The van der Waals surface area contributed by atoms with Crippen molar-refractivity contribution >= 4 is 0 Å². The van der Waals surface area contributed by atoms with E-state index >= 15 is 0 Å². The van der Waals surface area contributed by atoms with E-state index in [1.807, 2.05) is 0 Å². The number of aliphatic hydroxyl groups is 4. The molecular weight excluding hydrogens is 184 g/mol. The van der Waals surface area contributed by atoms with Crippen LogP contribution in [0.25, 0.3) is 0 Å². The average Bonchev–Trinajstić information content (AvgIpc) is 2.00. The lowest BCUT2D eigenvalue weighted by molar-refractivity contribution is -0.0198. The highest BCUT2D eigenvalue weighted by Gasteiger charge is 2.24. The Kier molecular flexibility index (Phi) is 6.27. The lowest BCUT2D eigenvalue weighted by atomic mass is 9.91. The Morgan fingerprint density at radius 1 is 0.714 bits per heavy atom. The first-order valence-corrected chi connectivity index (χ1v) is 5.06. The Balaban J connectivity index is 3.96. The molecule has 0 saturated carbocycles. The predicted molar refractivity (Wildman–Crippen MR) is 53.8 cm³/mol. The summed E-state index contributed by atoms with van der Waals surface area (Å²) in [4.78, 5) is 0. The largest absolute Gasteiger partial charge is 0.393 e. The predicted octanol–water partition coefficient (Wildman–Crippen LogP) is -0.114. The summed E-state index contributed by atoms with van der Waals surface area (Å²) in [6.07, 6.45) is -2.12. The van der Waals surface area contributed by atoms with E-state index in [1.165, 1.54) is 0 Å². The number of rotatable bonds is 6. The molecule has 0 aliphatic rings. The van der Waals surface area contributed by atoms with Gasteiger partial charge in [0.15, 0.2) is 0 Å². The van der Waals surface area contributed by atoms with Crippen molar-refractivity contribution in [3.63, 3.8) is 0 Å². The molecule has 0 heterocycles. The van der Waals surface area contributed by atoms with Crippen LogP contribution in [0.4, 0.5) is 0 Å². The molecule has 0 aromatic rings. The monoisotopic (exact) mass is 206 g/mol. The summed E-state index contributed by atoms with van der Waals surface area (Å²) < 4.78 is 0. The molecule has 0 spiro atoms. The molecule has 4 N–H and O–H groups in total. The van der Waals surface area contributed by atoms with E-state index in [2.05, 4.69) is 0 Å². The Hall–Kier alpha value is -0.160. The van der Waals surface area contributed by atoms with Gasteiger partial charge < -0.3 is 20.4 Å². The maximum absolute atomic E-state index is 9.57. The van der Waals surface area contributed by atoms with E-state index < -0.39 is 24.4 Å². The Morgan fingerprint density at radius 3 is 1.21 bits per heavy atom.